The largest absolute Gasteiger partial charge is 0.351 e. The molecule has 1 amide bonds. The minimum Gasteiger partial charge on any atom is -0.351 e. The van der Waals surface area contributed by atoms with Gasteiger partial charge in [-0.05, 0) is 37.5 Å². The summed E-state index contributed by atoms with van der Waals surface area (Å²) in [4.78, 5) is 18.8. The Morgan fingerprint density at radius 1 is 1.33 bits per heavy atom. The Morgan fingerprint density at radius 3 is 2.67 bits per heavy atom. The van der Waals surface area contributed by atoms with Gasteiger partial charge in [0.15, 0.2) is 0 Å². The molecule has 2 heterocycles. The van der Waals surface area contributed by atoms with E-state index in [2.05, 4.69) is 19.8 Å². The van der Waals surface area contributed by atoms with Crippen LogP contribution < -0.4 is 5.32 Å². The average Bonchev–Trinajstić information content (AvgIpc) is 3.15. The summed E-state index contributed by atoms with van der Waals surface area (Å²) in [6, 6.07) is 7.93. The third-order valence-corrected chi connectivity index (χ3v) is 5.00. The Morgan fingerprint density at radius 2 is 2.04 bits per heavy atom. The van der Waals surface area contributed by atoms with E-state index in [1.807, 2.05) is 49.9 Å². The fourth-order valence-corrected chi connectivity index (χ4v) is 3.29. The molecule has 1 saturated heterocycles. The van der Waals surface area contributed by atoms with Crippen molar-refractivity contribution in [3.05, 3.63) is 53.6 Å². The maximum Gasteiger partial charge on any atom is 0.237 e. The molecular weight excluding hydrogens is 324 g/mol. The molecule has 2 aromatic rings. The molecular formula is C18H23ClN4O. The second-order valence-electron chi connectivity index (χ2n) is 6.30. The third-order valence-electron chi connectivity index (χ3n) is 4.75. The SMILES string of the molecule is CC(C(=O)NCc1ccc(Cl)cc1)N1CCC(n2ccnc2)CC1. The number of amides is 1. The lowest BCUT2D eigenvalue weighted by atomic mass is 10.0. The molecule has 1 atom stereocenters. The number of benzene rings is 1. The van der Waals surface area contributed by atoms with Crippen LogP contribution in [0.2, 0.25) is 5.02 Å². The number of rotatable bonds is 5. The van der Waals surface area contributed by atoms with Gasteiger partial charge in [0.25, 0.3) is 0 Å². The number of carbonyl (C=O) groups excluding carboxylic acids is 1. The van der Waals surface area contributed by atoms with E-state index in [-0.39, 0.29) is 11.9 Å². The molecule has 6 heteroatoms. The van der Waals surface area contributed by atoms with Crippen LogP contribution in [0.4, 0.5) is 0 Å². The van der Waals surface area contributed by atoms with Gasteiger partial charge in [0.1, 0.15) is 0 Å². The molecule has 1 N–H and O–H groups in total. The summed E-state index contributed by atoms with van der Waals surface area (Å²) in [6.07, 6.45) is 7.81. The van der Waals surface area contributed by atoms with Crippen molar-refractivity contribution in [2.24, 2.45) is 0 Å². The fraction of sp³-hybridized carbons (Fsp3) is 0.444. The normalized spacial score (nSPS) is 17.6. The van der Waals surface area contributed by atoms with Crippen LogP contribution in [-0.4, -0.2) is 39.5 Å². The maximum absolute atomic E-state index is 12.4. The van der Waals surface area contributed by atoms with Crippen molar-refractivity contribution in [1.82, 2.24) is 19.8 Å². The molecule has 1 fully saturated rings. The summed E-state index contributed by atoms with van der Waals surface area (Å²) < 4.78 is 2.17. The lowest BCUT2D eigenvalue weighted by Gasteiger charge is -2.35. The molecule has 128 valence electrons. The van der Waals surface area contributed by atoms with Gasteiger partial charge in [-0.1, -0.05) is 23.7 Å². The van der Waals surface area contributed by atoms with E-state index < -0.39 is 0 Å². The van der Waals surface area contributed by atoms with Crippen molar-refractivity contribution in [3.63, 3.8) is 0 Å². The van der Waals surface area contributed by atoms with Gasteiger partial charge in [0.05, 0.1) is 12.4 Å². The summed E-state index contributed by atoms with van der Waals surface area (Å²) in [5, 5.41) is 3.72. The number of piperidine rings is 1. The highest BCUT2D eigenvalue weighted by molar-refractivity contribution is 6.30. The van der Waals surface area contributed by atoms with Crippen LogP contribution in [0.3, 0.4) is 0 Å². The number of likely N-dealkylation sites (tertiary alicyclic amines) is 1. The zero-order valence-electron chi connectivity index (χ0n) is 13.9. The van der Waals surface area contributed by atoms with Gasteiger partial charge in [-0.25, -0.2) is 4.98 Å². The molecule has 1 unspecified atom stereocenters. The smallest absolute Gasteiger partial charge is 0.237 e. The Hall–Kier alpha value is -1.85. The Labute approximate surface area is 147 Å². The van der Waals surface area contributed by atoms with Gasteiger partial charge < -0.3 is 9.88 Å². The quantitative estimate of drug-likeness (QED) is 0.905. The first kappa shape index (κ1) is 17.0. The van der Waals surface area contributed by atoms with Gasteiger partial charge in [-0.15, -0.1) is 0 Å². The van der Waals surface area contributed by atoms with Crippen LogP contribution in [0.25, 0.3) is 0 Å². The van der Waals surface area contributed by atoms with Crippen molar-refractivity contribution >= 4 is 17.5 Å². The van der Waals surface area contributed by atoms with Crippen LogP contribution in [0, 0.1) is 0 Å². The van der Waals surface area contributed by atoms with Crippen molar-refractivity contribution in [2.75, 3.05) is 13.1 Å². The molecule has 0 bridgehead atoms. The molecule has 5 nitrogen and oxygen atoms in total. The maximum atomic E-state index is 12.4. The second-order valence-corrected chi connectivity index (χ2v) is 6.73. The van der Waals surface area contributed by atoms with E-state index in [0.717, 1.165) is 31.5 Å². The highest BCUT2D eigenvalue weighted by atomic mass is 35.5. The Kier molecular flexibility index (Phi) is 5.53. The fourth-order valence-electron chi connectivity index (χ4n) is 3.16. The van der Waals surface area contributed by atoms with Crippen LogP contribution >= 0.6 is 11.6 Å². The van der Waals surface area contributed by atoms with Crippen molar-refractivity contribution in [1.29, 1.82) is 0 Å². The monoisotopic (exact) mass is 346 g/mol. The molecule has 0 aliphatic carbocycles. The van der Waals surface area contributed by atoms with Crippen molar-refractivity contribution in [2.45, 2.75) is 38.4 Å². The number of carbonyl (C=O) groups is 1. The number of hydrogen-bond donors (Lipinski definition) is 1. The lowest BCUT2D eigenvalue weighted by Crippen LogP contribution is -2.48. The van der Waals surface area contributed by atoms with Gasteiger partial charge in [0.2, 0.25) is 5.91 Å². The van der Waals surface area contributed by atoms with E-state index in [1.165, 1.54) is 0 Å². The van der Waals surface area contributed by atoms with Crippen LogP contribution in [0.5, 0.6) is 0 Å². The molecule has 1 aliphatic rings. The number of aromatic nitrogens is 2. The highest BCUT2D eigenvalue weighted by Gasteiger charge is 2.26. The first-order valence-electron chi connectivity index (χ1n) is 8.37. The predicted molar refractivity (Wildman–Crippen MR) is 94.8 cm³/mol. The Balaban J connectivity index is 1.46. The van der Waals surface area contributed by atoms with Gasteiger partial charge >= 0.3 is 0 Å². The molecule has 0 spiro atoms. The molecule has 3 rings (SSSR count). The van der Waals surface area contributed by atoms with Crippen LogP contribution in [0.15, 0.2) is 43.0 Å². The van der Waals surface area contributed by atoms with Gasteiger partial charge in [-0.3, -0.25) is 9.69 Å². The number of imidazole rings is 1. The standard InChI is InChI=1S/C18H23ClN4O/c1-14(18(24)21-12-15-2-4-16(19)5-3-15)22-9-6-17(7-10-22)23-11-8-20-13-23/h2-5,8,11,13-14,17H,6-7,9-10,12H2,1H3,(H,21,24). The van der Waals surface area contributed by atoms with Crippen LogP contribution in [-0.2, 0) is 11.3 Å². The topological polar surface area (TPSA) is 50.2 Å². The zero-order chi connectivity index (χ0) is 16.9. The number of nitrogens with one attached hydrogen (secondary N) is 1. The molecule has 1 aliphatic heterocycles. The summed E-state index contributed by atoms with van der Waals surface area (Å²) in [6.45, 7) is 4.37. The number of nitrogens with zero attached hydrogens (tertiary/aromatic N) is 3. The summed E-state index contributed by atoms with van der Waals surface area (Å²) >= 11 is 5.88. The van der Waals surface area contributed by atoms with Gasteiger partial charge in [-0.2, -0.15) is 0 Å². The van der Waals surface area contributed by atoms with Crippen molar-refractivity contribution in [3.8, 4) is 0 Å². The first-order valence-corrected chi connectivity index (χ1v) is 8.75. The van der Waals surface area contributed by atoms with Gasteiger partial charge in [0, 0.05) is 43.1 Å². The summed E-state index contributed by atoms with van der Waals surface area (Å²) in [5.41, 5.74) is 1.05. The first-order chi connectivity index (χ1) is 11.6. The third kappa shape index (κ3) is 4.16. The summed E-state index contributed by atoms with van der Waals surface area (Å²) in [5.74, 6) is 0.0750. The minimum absolute atomic E-state index is 0.0750. The zero-order valence-corrected chi connectivity index (χ0v) is 14.6. The van der Waals surface area contributed by atoms with E-state index in [1.54, 1.807) is 0 Å². The average molecular weight is 347 g/mol. The number of hydrogen-bond acceptors (Lipinski definition) is 3. The molecule has 24 heavy (non-hydrogen) atoms. The minimum atomic E-state index is -0.110. The number of halogens is 1. The second kappa shape index (κ2) is 7.81. The van der Waals surface area contributed by atoms with E-state index in [9.17, 15) is 4.79 Å². The van der Waals surface area contributed by atoms with Crippen molar-refractivity contribution < 1.29 is 4.79 Å². The Bertz CT molecular complexity index is 648. The van der Waals surface area contributed by atoms with E-state index in [0.29, 0.717) is 17.6 Å². The van der Waals surface area contributed by atoms with E-state index in [4.69, 9.17) is 11.6 Å². The molecule has 1 aromatic heterocycles. The molecule has 1 aromatic carbocycles. The molecule has 0 radical (unpaired) electrons. The van der Waals surface area contributed by atoms with E-state index >= 15 is 0 Å². The summed E-state index contributed by atoms with van der Waals surface area (Å²) in [7, 11) is 0. The highest BCUT2D eigenvalue weighted by Crippen LogP contribution is 2.23. The lowest BCUT2D eigenvalue weighted by molar-refractivity contribution is -0.126. The predicted octanol–water partition coefficient (Wildman–Crippen LogP) is 2.88. The molecule has 0 saturated carbocycles. The van der Waals surface area contributed by atoms with Crippen LogP contribution in [0.1, 0.15) is 31.4 Å².